The average Bonchev–Trinajstić information content (AvgIpc) is 2.41. The first kappa shape index (κ1) is 14.0. The molecule has 0 amide bonds. The smallest absolute Gasteiger partial charge is 0.312 e. The number of rotatable bonds is 5. The highest BCUT2D eigenvalue weighted by Gasteiger charge is 2.18. The molecular weight excluding hydrogens is 274 g/mol. The molecular formula is C12H14ClNO5. The summed E-state index contributed by atoms with van der Waals surface area (Å²) in [6, 6.07) is 4.31. The molecule has 0 atom stereocenters. The predicted molar refractivity (Wildman–Crippen MR) is 68.5 cm³/mol. The maximum Gasteiger partial charge on any atom is 0.312 e. The van der Waals surface area contributed by atoms with Gasteiger partial charge < -0.3 is 14.2 Å². The number of halogens is 1. The Kier molecular flexibility index (Phi) is 4.95. The molecule has 104 valence electrons. The molecule has 0 unspecified atom stereocenters. The Morgan fingerprint density at radius 1 is 1.42 bits per heavy atom. The highest BCUT2D eigenvalue weighted by Crippen LogP contribution is 2.30. The normalized spacial score (nSPS) is 16.3. The van der Waals surface area contributed by atoms with Crippen LogP contribution in [-0.2, 0) is 9.47 Å². The van der Waals surface area contributed by atoms with Gasteiger partial charge in [0.25, 0.3) is 0 Å². The first-order valence-corrected chi connectivity index (χ1v) is 6.34. The van der Waals surface area contributed by atoms with Gasteiger partial charge >= 0.3 is 5.69 Å². The molecule has 0 saturated carbocycles. The summed E-state index contributed by atoms with van der Waals surface area (Å²) in [4.78, 5) is 10.3. The van der Waals surface area contributed by atoms with E-state index in [2.05, 4.69) is 0 Å². The maximum absolute atomic E-state index is 10.9. The standard InChI is InChI=1S/C12H14ClNO5/c13-9-2-3-11(10(8-9)14(15)16)17-7-4-12-18-5-1-6-19-12/h2-3,8,12H,1,4-7H2. The number of ether oxygens (including phenoxy) is 3. The van der Waals surface area contributed by atoms with Gasteiger partial charge in [-0.1, -0.05) is 11.6 Å². The minimum absolute atomic E-state index is 0.141. The van der Waals surface area contributed by atoms with Crippen LogP contribution in [0.3, 0.4) is 0 Å². The van der Waals surface area contributed by atoms with Crippen molar-refractivity contribution in [2.45, 2.75) is 19.1 Å². The van der Waals surface area contributed by atoms with Crippen LogP contribution in [0.25, 0.3) is 0 Å². The molecule has 1 aromatic carbocycles. The minimum atomic E-state index is -0.519. The molecule has 1 saturated heterocycles. The van der Waals surface area contributed by atoms with Crippen LogP contribution in [0.2, 0.25) is 5.02 Å². The zero-order chi connectivity index (χ0) is 13.7. The van der Waals surface area contributed by atoms with E-state index < -0.39 is 4.92 Å². The lowest BCUT2D eigenvalue weighted by atomic mass is 10.3. The highest BCUT2D eigenvalue weighted by molar-refractivity contribution is 6.30. The summed E-state index contributed by atoms with van der Waals surface area (Å²) >= 11 is 5.72. The van der Waals surface area contributed by atoms with Crippen molar-refractivity contribution in [2.24, 2.45) is 0 Å². The topological polar surface area (TPSA) is 70.8 Å². The second kappa shape index (κ2) is 6.70. The van der Waals surface area contributed by atoms with Crippen molar-refractivity contribution < 1.29 is 19.1 Å². The molecule has 6 nitrogen and oxygen atoms in total. The van der Waals surface area contributed by atoms with Crippen LogP contribution < -0.4 is 4.74 Å². The van der Waals surface area contributed by atoms with E-state index >= 15 is 0 Å². The molecule has 0 aromatic heterocycles. The molecule has 1 aliphatic heterocycles. The van der Waals surface area contributed by atoms with Crippen molar-refractivity contribution in [3.8, 4) is 5.75 Å². The summed E-state index contributed by atoms with van der Waals surface area (Å²) < 4.78 is 16.1. The van der Waals surface area contributed by atoms with Gasteiger partial charge in [-0.15, -0.1) is 0 Å². The van der Waals surface area contributed by atoms with Crippen molar-refractivity contribution in [1.82, 2.24) is 0 Å². The summed E-state index contributed by atoms with van der Waals surface area (Å²) in [6.07, 6.45) is 1.12. The number of hydrogen-bond donors (Lipinski definition) is 0. The van der Waals surface area contributed by atoms with Crippen LogP contribution in [0.5, 0.6) is 5.75 Å². The van der Waals surface area contributed by atoms with E-state index in [0.717, 1.165) is 6.42 Å². The molecule has 1 heterocycles. The van der Waals surface area contributed by atoms with Gasteiger partial charge in [-0.3, -0.25) is 10.1 Å². The fraction of sp³-hybridized carbons (Fsp3) is 0.500. The van der Waals surface area contributed by atoms with Gasteiger partial charge in [-0.2, -0.15) is 0 Å². The van der Waals surface area contributed by atoms with Crippen molar-refractivity contribution in [3.63, 3.8) is 0 Å². The Morgan fingerprint density at radius 2 is 2.16 bits per heavy atom. The quantitative estimate of drug-likeness (QED) is 0.615. The first-order valence-electron chi connectivity index (χ1n) is 5.97. The Labute approximate surface area is 115 Å². The predicted octanol–water partition coefficient (Wildman–Crippen LogP) is 2.78. The minimum Gasteiger partial charge on any atom is -0.487 e. The van der Waals surface area contributed by atoms with Gasteiger partial charge in [0, 0.05) is 17.5 Å². The van der Waals surface area contributed by atoms with Gasteiger partial charge in [-0.25, -0.2) is 0 Å². The van der Waals surface area contributed by atoms with E-state index in [4.69, 9.17) is 25.8 Å². The van der Waals surface area contributed by atoms with Gasteiger partial charge in [0.1, 0.15) is 0 Å². The SMILES string of the molecule is O=[N+]([O-])c1cc(Cl)ccc1OCCC1OCCCO1. The second-order valence-corrected chi connectivity index (χ2v) is 4.47. The van der Waals surface area contributed by atoms with Crippen LogP contribution in [0.4, 0.5) is 5.69 Å². The monoisotopic (exact) mass is 287 g/mol. The fourth-order valence-electron chi connectivity index (χ4n) is 1.72. The van der Waals surface area contributed by atoms with Gasteiger partial charge in [0.05, 0.1) is 24.7 Å². The van der Waals surface area contributed by atoms with Crippen LogP contribution in [0.1, 0.15) is 12.8 Å². The van der Waals surface area contributed by atoms with Crippen LogP contribution in [0, 0.1) is 10.1 Å². The van der Waals surface area contributed by atoms with E-state index in [-0.39, 0.29) is 24.3 Å². The molecule has 2 rings (SSSR count). The highest BCUT2D eigenvalue weighted by atomic mass is 35.5. The van der Waals surface area contributed by atoms with Crippen LogP contribution in [-0.4, -0.2) is 31.0 Å². The molecule has 0 spiro atoms. The number of benzene rings is 1. The van der Waals surface area contributed by atoms with E-state index in [9.17, 15) is 10.1 Å². The lowest BCUT2D eigenvalue weighted by Gasteiger charge is -2.22. The van der Waals surface area contributed by atoms with Crippen molar-refractivity contribution in [3.05, 3.63) is 33.3 Å². The summed E-state index contributed by atoms with van der Waals surface area (Å²) in [5, 5.41) is 11.2. The molecule has 1 aliphatic rings. The number of hydrogen-bond acceptors (Lipinski definition) is 5. The molecule has 19 heavy (non-hydrogen) atoms. The van der Waals surface area contributed by atoms with Crippen molar-refractivity contribution >= 4 is 17.3 Å². The molecule has 0 radical (unpaired) electrons. The summed E-state index contributed by atoms with van der Waals surface area (Å²) in [6.45, 7) is 1.63. The number of nitro groups is 1. The molecule has 0 aliphatic carbocycles. The zero-order valence-corrected chi connectivity index (χ0v) is 11.0. The lowest BCUT2D eigenvalue weighted by molar-refractivity contribution is -0.385. The van der Waals surface area contributed by atoms with E-state index in [0.29, 0.717) is 24.7 Å². The summed E-state index contributed by atoms with van der Waals surface area (Å²) in [7, 11) is 0. The molecule has 1 fully saturated rings. The third kappa shape index (κ3) is 4.05. The van der Waals surface area contributed by atoms with E-state index in [1.54, 1.807) is 6.07 Å². The largest absolute Gasteiger partial charge is 0.487 e. The lowest BCUT2D eigenvalue weighted by Crippen LogP contribution is -2.26. The van der Waals surface area contributed by atoms with Crippen molar-refractivity contribution in [1.29, 1.82) is 0 Å². The van der Waals surface area contributed by atoms with Gasteiger partial charge in [-0.05, 0) is 18.6 Å². The Hall–Kier alpha value is -1.37. The average molecular weight is 288 g/mol. The molecule has 0 bridgehead atoms. The Morgan fingerprint density at radius 3 is 2.84 bits per heavy atom. The van der Waals surface area contributed by atoms with Gasteiger partial charge in [0.2, 0.25) is 0 Å². The Balaban J connectivity index is 1.89. The van der Waals surface area contributed by atoms with E-state index in [1.165, 1.54) is 12.1 Å². The van der Waals surface area contributed by atoms with Crippen LogP contribution >= 0.6 is 11.6 Å². The van der Waals surface area contributed by atoms with Gasteiger partial charge in [0.15, 0.2) is 12.0 Å². The third-order valence-corrected chi connectivity index (χ3v) is 2.86. The molecule has 7 heteroatoms. The second-order valence-electron chi connectivity index (χ2n) is 4.03. The zero-order valence-electron chi connectivity index (χ0n) is 10.2. The summed E-state index contributed by atoms with van der Waals surface area (Å²) in [5.74, 6) is 0.199. The maximum atomic E-state index is 10.9. The fourth-order valence-corrected chi connectivity index (χ4v) is 1.89. The molecule has 1 aromatic rings. The number of nitro benzene ring substituents is 1. The van der Waals surface area contributed by atoms with Crippen molar-refractivity contribution in [2.75, 3.05) is 19.8 Å². The first-order chi connectivity index (χ1) is 9.16. The molecule has 0 N–H and O–H groups in total. The van der Waals surface area contributed by atoms with E-state index in [1.807, 2.05) is 0 Å². The summed E-state index contributed by atoms with van der Waals surface area (Å²) in [5.41, 5.74) is -0.141. The third-order valence-electron chi connectivity index (χ3n) is 2.62. The number of nitrogens with zero attached hydrogens (tertiary/aromatic N) is 1. The Bertz CT molecular complexity index is 448. The van der Waals surface area contributed by atoms with Crippen LogP contribution in [0.15, 0.2) is 18.2 Å².